The van der Waals surface area contributed by atoms with Crippen molar-refractivity contribution < 1.29 is 45.4 Å². The van der Waals surface area contributed by atoms with Gasteiger partial charge < -0.3 is 20.5 Å². The lowest BCUT2D eigenvalue weighted by Gasteiger charge is -2.13. The highest BCUT2D eigenvalue weighted by atomic mass is 35.5. The van der Waals surface area contributed by atoms with Gasteiger partial charge in [-0.15, -0.1) is 26.3 Å². The van der Waals surface area contributed by atoms with E-state index in [1.54, 1.807) is 13.0 Å². The lowest BCUT2D eigenvalue weighted by molar-refractivity contribution is -0.275. The van der Waals surface area contributed by atoms with Crippen molar-refractivity contribution in [2.75, 3.05) is 16.4 Å². The number of aliphatic imine (C=N–C) groups is 1. The number of isocyanates is 1. The van der Waals surface area contributed by atoms with Crippen LogP contribution in [-0.2, 0) is 4.79 Å². The Kier molecular flexibility index (Phi) is 13.9. The fraction of sp³-hybridized carbons (Fsp3) is 0.214. The van der Waals surface area contributed by atoms with Gasteiger partial charge in [-0.2, -0.15) is 4.99 Å². The lowest BCUT2D eigenvalue weighted by Crippen LogP contribution is -2.21. The van der Waals surface area contributed by atoms with Crippen LogP contribution in [-0.4, -0.2) is 44.8 Å². The molecule has 48 heavy (non-hydrogen) atoms. The van der Waals surface area contributed by atoms with Crippen LogP contribution < -0.4 is 25.8 Å². The summed E-state index contributed by atoms with van der Waals surface area (Å²) in [5.74, 6) is -0.430. The van der Waals surface area contributed by atoms with E-state index in [4.69, 9.17) is 28.9 Å². The summed E-state index contributed by atoms with van der Waals surface area (Å²) in [6, 6.07) is 9.86. The molecule has 2 aromatic carbocycles. The highest BCUT2D eigenvalue weighted by molar-refractivity contribution is 6.29. The first-order chi connectivity index (χ1) is 22.2. The molecule has 20 heteroatoms. The molecule has 12 nitrogen and oxygen atoms in total. The number of hydrogen-bond donors (Lipinski definition) is 3. The van der Waals surface area contributed by atoms with Gasteiger partial charge in [-0.05, 0) is 87.4 Å². The first-order valence-electron chi connectivity index (χ1n) is 12.9. The average Bonchev–Trinajstić information content (AvgIpc) is 2.90. The van der Waals surface area contributed by atoms with Gasteiger partial charge in [0.25, 0.3) is 0 Å². The number of carbonyl (C=O) groups excluding carboxylic acids is 2. The van der Waals surface area contributed by atoms with E-state index < -0.39 is 18.8 Å². The van der Waals surface area contributed by atoms with Crippen molar-refractivity contribution in [3.8, 4) is 11.5 Å². The Morgan fingerprint density at radius 1 is 0.771 bits per heavy atom. The lowest BCUT2D eigenvalue weighted by atomic mass is 10.2. The fourth-order valence-corrected chi connectivity index (χ4v) is 3.85. The number of urea groups is 1. The van der Waals surface area contributed by atoms with E-state index in [2.05, 4.69) is 45.0 Å². The highest BCUT2D eigenvalue weighted by Crippen LogP contribution is 2.29. The molecule has 256 valence electrons. The second kappa shape index (κ2) is 17.1. The highest BCUT2D eigenvalue weighted by Gasteiger charge is 2.32. The number of alkyl halides is 6. The Morgan fingerprint density at radius 2 is 1.29 bits per heavy atom. The molecule has 0 saturated carbocycles. The van der Waals surface area contributed by atoms with Crippen LogP contribution in [0.1, 0.15) is 22.5 Å². The number of carbonyl (C=O) groups is 1. The number of hydrogen-bond acceptors (Lipinski definition) is 10. The van der Waals surface area contributed by atoms with Crippen LogP contribution in [0.2, 0.25) is 10.3 Å². The van der Waals surface area contributed by atoms with Gasteiger partial charge in [0.05, 0.1) is 5.69 Å². The Bertz CT molecular complexity index is 1720. The van der Waals surface area contributed by atoms with E-state index in [0.29, 0.717) is 10.8 Å². The van der Waals surface area contributed by atoms with Crippen molar-refractivity contribution in [3.05, 3.63) is 81.4 Å². The largest absolute Gasteiger partial charge is 0.573 e. The van der Waals surface area contributed by atoms with Crippen LogP contribution in [0.25, 0.3) is 0 Å². The summed E-state index contributed by atoms with van der Waals surface area (Å²) >= 11 is 11.3. The quantitative estimate of drug-likeness (QED) is 0.0797. The number of ether oxygens (including phenoxy) is 2. The van der Waals surface area contributed by atoms with Gasteiger partial charge in [0.1, 0.15) is 21.8 Å². The van der Waals surface area contributed by atoms with Gasteiger partial charge in [0, 0.05) is 17.1 Å². The maximum absolute atomic E-state index is 12.2. The number of aryl methyl sites for hydroxylation is 4. The summed E-state index contributed by atoms with van der Waals surface area (Å²) in [5, 5.41) is 5.38. The molecular formula is C28H24Cl2F6N8O4. The summed E-state index contributed by atoms with van der Waals surface area (Å²) < 4.78 is 79.8. The molecule has 0 aliphatic carbocycles. The van der Waals surface area contributed by atoms with Crippen LogP contribution in [0.4, 0.5) is 54.4 Å². The molecule has 0 aliphatic rings. The van der Waals surface area contributed by atoms with E-state index in [0.717, 1.165) is 17.8 Å². The molecule has 0 aliphatic heterocycles. The second-order valence-electron chi connectivity index (χ2n) is 9.15. The zero-order chi connectivity index (χ0) is 36.2. The zero-order valence-electron chi connectivity index (χ0n) is 25.1. The Balaban J connectivity index is 0.000000282. The Labute approximate surface area is 278 Å². The molecule has 2 aromatic heterocycles. The monoisotopic (exact) mass is 720 g/mol. The molecule has 0 saturated heterocycles. The maximum atomic E-state index is 12.2. The number of rotatable bonds is 5. The minimum atomic E-state index is -4.78. The Morgan fingerprint density at radius 3 is 1.75 bits per heavy atom. The van der Waals surface area contributed by atoms with Gasteiger partial charge in [0.2, 0.25) is 18.0 Å². The molecule has 0 bridgehead atoms. The fourth-order valence-electron chi connectivity index (χ4n) is 3.36. The van der Waals surface area contributed by atoms with Gasteiger partial charge in [0.15, 0.2) is 0 Å². The number of nitrogen functional groups attached to an aromatic ring is 1. The summed E-state index contributed by atoms with van der Waals surface area (Å²) in [5.41, 5.74) is 7.56. The van der Waals surface area contributed by atoms with Crippen molar-refractivity contribution in [1.29, 1.82) is 0 Å². The van der Waals surface area contributed by atoms with E-state index in [-0.39, 0.29) is 51.1 Å². The van der Waals surface area contributed by atoms with Gasteiger partial charge >= 0.3 is 18.8 Å². The Hall–Kier alpha value is -5.19. The molecule has 0 atom stereocenters. The third-order valence-electron chi connectivity index (χ3n) is 5.11. The summed E-state index contributed by atoms with van der Waals surface area (Å²) in [6.45, 7) is 6.34. The van der Waals surface area contributed by atoms with Crippen molar-refractivity contribution in [1.82, 2.24) is 19.9 Å². The van der Waals surface area contributed by atoms with E-state index >= 15 is 0 Å². The minimum Gasteiger partial charge on any atom is -0.406 e. The first-order valence-corrected chi connectivity index (χ1v) is 13.6. The normalized spacial score (nSPS) is 10.7. The SMILES string of the molecule is Cc1cc(Cl)nc(N)n1.Cc1cc(Cl)nc(NC(=O)Nc2ccc(OC(F)(F)F)c(C)c2)n1.Cc1cc(N=C=O)ccc1OC(F)(F)F. The number of nitrogens with two attached hydrogens (primary N) is 1. The summed E-state index contributed by atoms with van der Waals surface area (Å²) in [6.07, 6.45) is -8.21. The first kappa shape index (κ1) is 39.0. The average molecular weight is 721 g/mol. The molecule has 0 fully saturated rings. The predicted molar refractivity (Wildman–Crippen MR) is 164 cm³/mol. The van der Waals surface area contributed by atoms with Gasteiger partial charge in [-0.25, -0.2) is 29.5 Å². The molecule has 2 amide bonds. The van der Waals surface area contributed by atoms with Crippen molar-refractivity contribution in [2.24, 2.45) is 4.99 Å². The summed E-state index contributed by atoms with van der Waals surface area (Å²) in [7, 11) is 0. The number of aromatic nitrogens is 4. The molecule has 4 N–H and O–H groups in total. The molecule has 0 radical (unpaired) electrons. The predicted octanol–water partition coefficient (Wildman–Crippen LogP) is 8.17. The molecule has 2 heterocycles. The topological polar surface area (TPSA) is 167 Å². The van der Waals surface area contributed by atoms with Crippen LogP contribution in [0, 0.1) is 27.7 Å². The van der Waals surface area contributed by atoms with Crippen molar-refractivity contribution >= 4 is 58.6 Å². The number of benzene rings is 2. The standard InChI is InChI=1S/C14H12ClF3N4O2.C9H6F3NO2.C5H6ClN3/c1-7-5-9(3-4-10(7)24-14(16,17)18)20-13(23)22-12-19-8(2)6-11(15)21-12;1-6-4-7(13-5-14)2-3-8(6)15-9(10,11)12;1-3-2-4(6)9-5(7)8-3/h3-6H,1-2H3,(H2,19,20,21,22,23);2-4H,1H3;2H,1H3,(H2,7,8,9). The van der Waals surface area contributed by atoms with Gasteiger partial charge in [-0.1, -0.05) is 23.2 Å². The second-order valence-corrected chi connectivity index (χ2v) is 9.93. The maximum Gasteiger partial charge on any atom is 0.573 e. The number of nitrogens with zero attached hydrogens (tertiary/aromatic N) is 5. The van der Waals surface area contributed by atoms with Crippen molar-refractivity contribution in [3.63, 3.8) is 0 Å². The van der Waals surface area contributed by atoms with Crippen LogP contribution >= 0.6 is 23.2 Å². The molecule has 0 spiro atoms. The van der Waals surface area contributed by atoms with Crippen LogP contribution in [0.3, 0.4) is 0 Å². The zero-order valence-corrected chi connectivity index (χ0v) is 26.6. The minimum absolute atomic E-state index is 0.00578. The van der Waals surface area contributed by atoms with Gasteiger partial charge in [-0.3, -0.25) is 5.32 Å². The summed E-state index contributed by atoms with van der Waals surface area (Å²) in [4.78, 5) is 40.3. The molecular weight excluding hydrogens is 697 g/mol. The smallest absolute Gasteiger partial charge is 0.406 e. The molecule has 4 rings (SSSR count). The number of nitrogens with one attached hydrogen (secondary N) is 2. The van der Waals surface area contributed by atoms with E-state index in [1.165, 1.54) is 50.3 Å². The third kappa shape index (κ3) is 14.9. The van der Waals surface area contributed by atoms with E-state index in [9.17, 15) is 35.9 Å². The molecule has 0 unspecified atom stereocenters. The van der Waals surface area contributed by atoms with Crippen LogP contribution in [0.15, 0.2) is 53.5 Å². The number of amides is 2. The number of halogens is 8. The molecule has 4 aromatic rings. The van der Waals surface area contributed by atoms with E-state index in [1.807, 2.05) is 6.92 Å². The van der Waals surface area contributed by atoms with Crippen molar-refractivity contribution in [2.45, 2.75) is 40.4 Å². The third-order valence-corrected chi connectivity index (χ3v) is 5.49. The van der Waals surface area contributed by atoms with Crippen LogP contribution in [0.5, 0.6) is 11.5 Å². The number of anilines is 3.